The quantitative estimate of drug-likeness (QED) is 0.753. The fraction of sp³-hybridized carbons (Fsp3) is 0.667. The lowest BCUT2D eigenvalue weighted by molar-refractivity contribution is 0.178. The zero-order valence-electron chi connectivity index (χ0n) is 11.6. The maximum atomic E-state index is 5.73. The summed E-state index contributed by atoms with van der Waals surface area (Å²) < 4.78 is 5.01. The number of rotatable bonds is 7. The molecule has 0 aliphatic rings. The standard InChI is InChI=1S/C12H23N5O/c1-9(5-6-17(2)3)14-11-7-10(13)15-12(16-11)8-18-4/h7,9H,5-6,8H2,1-4H3,(H3,13,14,15,16). The highest BCUT2D eigenvalue weighted by Crippen LogP contribution is 2.11. The number of anilines is 2. The summed E-state index contributed by atoms with van der Waals surface area (Å²) in [6.07, 6.45) is 1.04. The van der Waals surface area contributed by atoms with Crippen molar-refractivity contribution < 1.29 is 4.74 Å². The van der Waals surface area contributed by atoms with Crippen molar-refractivity contribution in [1.82, 2.24) is 14.9 Å². The van der Waals surface area contributed by atoms with Gasteiger partial charge in [0.25, 0.3) is 0 Å². The molecule has 1 rings (SSSR count). The van der Waals surface area contributed by atoms with Gasteiger partial charge < -0.3 is 20.7 Å². The van der Waals surface area contributed by atoms with E-state index in [1.165, 1.54) is 0 Å². The molecule has 0 saturated carbocycles. The Hall–Kier alpha value is -1.40. The average molecular weight is 253 g/mol. The van der Waals surface area contributed by atoms with Gasteiger partial charge in [-0.25, -0.2) is 9.97 Å². The van der Waals surface area contributed by atoms with E-state index in [-0.39, 0.29) is 0 Å². The first-order chi connectivity index (χ1) is 8.51. The van der Waals surface area contributed by atoms with Crippen LogP contribution in [0.15, 0.2) is 6.07 Å². The summed E-state index contributed by atoms with van der Waals surface area (Å²) >= 11 is 0. The number of methoxy groups -OCH3 is 1. The van der Waals surface area contributed by atoms with Crippen molar-refractivity contribution in [3.05, 3.63) is 11.9 Å². The van der Waals surface area contributed by atoms with Gasteiger partial charge in [-0.3, -0.25) is 0 Å². The molecule has 0 amide bonds. The molecule has 0 aromatic carbocycles. The van der Waals surface area contributed by atoms with Gasteiger partial charge in [0.2, 0.25) is 0 Å². The molecule has 0 aliphatic heterocycles. The molecular weight excluding hydrogens is 230 g/mol. The van der Waals surface area contributed by atoms with Crippen LogP contribution in [-0.2, 0) is 11.3 Å². The van der Waals surface area contributed by atoms with Crippen molar-refractivity contribution in [2.45, 2.75) is 26.0 Å². The van der Waals surface area contributed by atoms with E-state index in [4.69, 9.17) is 10.5 Å². The van der Waals surface area contributed by atoms with Gasteiger partial charge in [0.05, 0.1) is 0 Å². The molecule has 6 nitrogen and oxygen atoms in total. The van der Waals surface area contributed by atoms with Gasteiger partial charge in [0.1, 0.15) is 18.2 Å². The first-order valence-corrected chi connectivity index (χ1v) is 6.05. The minimum Gasteiger partial charge on any atom is -0.384 e. The molecule has 1 aromatic rings. The van der Waals surface area contributed by atoms with Crippen molar-refractivity contribution >= 4 is 11.6 Å². The van der Waals surface area contributed by atoms with Crippen molar-refractivity contribution in [3.8, 4) is 0 Å². The lowest BCUT2D eigenvalue weighted by atomic mass is 10.2. The average Bonchev–Trinajstić information content (AvgIpc) is 2.26. The molecule has 0 radical (unpaired) electrons. The van der Waals surface area contributed by atoms with Crippen molar-refractivity contribution in [2.75, 3.05) is 38.8 Å². The fourth-order valence-corrected chi connectivity index (χ4v) is 1.56. The van der Waals surface area contributed by atoms with Crippen molar-refractivity contribution in [1.29, 1.82) is 0 Å². The van der Waals surface area contributed by atoms with Gasteiger partial charge in [-0.05, 0) is 34.0 Å². The van der Waals surface area contributed by atoms with E-state index in [9.17, 15) is 0 Å². The summed E-state index contributed by atoms with van der Waals surface area (Å²) in [5, 5.41) is 3.32. The predicted octanol–water partition coefficient (Wildman–Crippen LogP) is 0.957. The third-order valence-corrected chi connectivity index (χ3v) is 2.47. The molecule has 102 valence electrons. The van der Waals surface area contributed by atoms with Crippen LogP contribution in [0.5, 0.6) is 0 Å². The highest BCUT2D eigenvalue weighted by Gasteiger charge is 2.06. The van der Waals surface area contributed by atoms with Crippen LogP contribution in [0.4, 0.5) is 11.6 Å². The fourth-order valence-electron chi connectivity index (χ4n) is 1.56. The Morgan fingerprint density at radius 3 is 2.78 bits per heavy atom. The van der Waals surface area contributed by atoms with Gasteiger partial charge in [0, 0.05) is 19.2 Å². The Kier molecular flexibility index (Phi) is 5.80. The molecule has 1 unspecified atom stereocenters. The summed E-state index contributed by atoms with van der Waals surface area (Å²) in [5.41, 5.74) is 5.73. The van der Waals surface area contributed by atoms with Crippen LogP contribution in [0.1, 0.15) is 19.2 Å². The monoisotopic (exact) mass is 253 g/mol. The second kappa shape index (κ2) is 7.13. The minimum atomic E-state index is 0.331. The van der Waals surface area contributed by atoms with Gasteiger partial charge >= 0.3 is 0 Å². The Bertz CT molecular complexity index is 369. The normalized spacial score (nSPS) is 12.7. The van der Waals surface area contributed by atoms with Gasteiger partial charge in [-0.15, -0.1) is 0 Å². The van der Waals surface area contributed by atoms with Crippen LogP contribution >= 0.6 is 0 Å². The Morgan fingerprint density at radius 1 is 1.44 bits per heavy atom. The topological polar surface area (TPSA) is 76.3 Å². The molecule has 0 bridgehead atoms. The molecular formula is C12H23N5O. The first-order valence-electron chi connectivity index (χ1n) is 6.05. The maximum absolute atomic E-state index is 5.73. The van der Waals surface area contributed by atoms with Crippen molar-refractivity contribution in [2.24, 2.45) is 0 Å². The molecule has 1 atom stereocenters. The van der Waals surface area contributed by atoms with Crippen LogP contribution in [0, 0.1) is 0 Å². The number of hydrogen-bond acceptors (Lipinski definition) is 6. The van der Waals surface area contributed by atoms with Gasteiger partial charge in [-0.2, -0.15) is 0 Å². The van der Waals surface area contributed by atoms with E-state index in [0.29, 0.717) is 24.3 Å². The van der Waals surface area contributed by atoms with Gasteiger partial charge in [0.15, 0.2) is 5.82 Å². The Balaban J connectivity index is 2.60. The summed E-state index contributed by atoms with van der Waals surface area (Å²) in [6.45, 7) is 3.52. The van der Waals surface area contributed by atoms with E-state index in [1.54, 1.807) is 13.2 Å². The summed E-state index contributed by atoms with van der Waals surface area (Å²) in [7, 11) is 5.73. The third-order valence-electron chi connectivity index (χ3n) is 2.47. The lowest BCUT2D eigenvalue weighted by Gasteiger charge is -2.17. The molecule has 0 saturated heterocycles. The highest BCUT2D eigenvalue weighted by molar-refractivity contribution is 5.45. The zero-order chi connectivity index (χ0) is 13.5. The maximum Gasteiger partial charge on any atom is 0.158 e. The zero-order valence-corrected chi connectivity index (χ0v) is 11.6. The van der Waals surface area contributed by atoms with E-state index >= 15 is 0 Å². The summed E-state index contributed by atoms with van der Waals surface area (Å²) in [4.78, 5) is 10.6. The van der Waals surface area contributed by atoms with Crippen LogP contribution < -0.4 is 11.1 Å². The second-order valence-corrected chi connectivity index (χ2v) is 4.66. The van der Waals surface area contributed by atoms with E-state index in [0.717, 1.165) is 18.8 Å². The first kappa shape index (κ1) is 14.7. The number of nitrogens with two attached hydrogens (primary N) is 1. The third kappa shape index (κ3) is 5.29. The molecule has 0 aliphatic carbocycles. The second-order valence-electron chi connectivity index (χ2n) is 4.66. The lowest BCUT2D eigenvalue weighted by Crippen LogP contribution is -2.23. The van der Waals surface area contributed by atoms with Crippen LogP contribution in [-0.4, -0.2) is 48.7 Å². The molecule has 0 fully saturated rings. The molecule has 18 heavy (non-hydrogen) atoms. The number of nitrogen functional groups attached to an aromatic ring is 1. The van der Waals surface area contributed by atoms with E-state index < -0.39 is 0 Å². The Morgan fingerprint density at radius 2 is 2.17 bits per heavy atom. The number of aromatic nitrogens is 2. The molecule has 6 heteroatoms. The number of ether oxygens (including phenoxy) is 1. The molecule has 0 spiro atoms. The van der Waals surface area contributed by atoms with Crippen LogP contribution in [0.2, 0.25) is 0 Å². The van der Waals surface area contributed by atoms with E-state index in [1.807, 2.05) is 0 Å². The highest BCUT2D eigenvalue weighted by atomic mass is 16.5. The smallest absolute Gasteiger partial charge is 0.158 e. The van der Waals surface area contributed by atoms with Crippen LogP contribution in [0.3, 0.4) is 0 Å². The molecule has 1 aromatic heterocycles. The van der Waals surface area contributed by atoms with Crippen LogP contribution in [0.25, 0.3) is 0 Å². The number of nitrogens with zero attached hydrogens (tertiary/aromatic N) is 3. The summed E-state index contributed by atoms with van der Waals surface area (Å²) in [5.74, 6) is 1.81. The number of hydrogen-bond donors (Lipinski definition) is 2. The molecule has 3 N–H and O–H groups in total. The largest absolute Gasteiger partial charge is 0.384 e. The minimum absolute atomic E-state index is 0.331. The van der Waals surface area contributed by atoms with E-state index in [2.05, 4.69) is 41.2 Å². The molecule has 1 heterocycles. The summed E-state index contributed by atoms with van der Waals surface area (Å²) in [6, 6.07) is 2.07. The van der Waals surface area contributed by atoms with Gasteiger partial charge in [-0.1, -0.05) is 0 Å². The number of nitrogens with one attached hydrogen (secondary N) is 1. The predicted molar refractivity (Wildman–Crippen MR) is 73.4 cm³/mol. The SMILES string of the molecule is COCc1nc(N)cc(NC(C)CCN(C)C)n1. The van der Waals surface area contributed by atoms with Crippen molar-refractivity contribution in [3.63, 3.8) is 0 Å². The Labute approximate surface area is 109 Å².